The molecule has 1 aliphatic heterocycles. The van der Waals surface area contributed by atoms with Gasteiger partial charge in [-0.2, -0.15) is 0 Å². The van der Waals surface area contributed by atoms with Crippen LogP contribution in [0.3, 0.4) is 0 Å². The lowest BCUT2D eigenvalue weighted by atomic mass is 9.87. The highest BCUT2D eigenvalue weighted by Gasteiger charge is 2.19. The van der Waals surface area contributed by atoms with Crippen LogP contribution in [0.5, 0.6) is 0 Å². The third-order valence-corrected chi connectivity index (χ3v) is 6.34. The topological polar surface area (TPSA) is 35.6 Å². The lowest BCUT2D eigenvalue weighted by molar-refractivity contribution is -0.117. The molecule has 154 valence electrons. The van der Waals surface area contributed by atoms with Crippen LogP contribution >= 0.6 is 0 Å². The molecule has 1 aliphatic carbocycles. The zero-order valence-electron chi connectivity index (χ0n) is 17.4. The Morgan fingerprint density at radius 1 is 0.862 bits per heavy atom. The van der Waals surface area contributed by atoms with Gasteiger partial charge in [0.25, 0.3) is 0 Å². The molecule has 1 amide bonds. The summed E-state index contributed by atoms with van der Waals surface area (Å²) >= 11 is 0. The van der Waals surface area contributed by atoms with E-state index in [1.807, 2.05) is 12.1 Å². The second-order valence-corrected chi connectivity index (χ2v) is 8.55. The largest absolute Gasteiger partial charge is 0.369 e. The molecule has 4 nitrogen and oxygen atoms in total. The van der Waals surface area contributed by atoms with Crippen molar-refractivity contribution >= 4 is 17.3 Å². The van der Waals surface area contributed by atoms with Crippen LogP contribution in [0.4, 0.5) is 11.4 Å². The maximum Gasteiger partial charge on any atom is 0.224 e. The summed E-state index contributed by atoms with van der Waals surface area (Å²) in [4.78, 5) is 17.3. The number of amides is 1. The first-order valence-corrected chi connectivity index (χ1v) is 11.2. The monoisotopic (exact) mass is 391 g/mol. The van der Waals surface area contributed by atoms with Crippen molar-refractivity contribution in [1.82, 2.24) is 4.90 Å². The minimum absolute atomic E-state index is 0.166. The standard InChI is InChI=1S/C25H33N3O/c29-25(19-21-7-3-1-4-8-21)26-23-11-13-24(14-12-23)28-17-15-27(16-18-28)20-22-9-5-2-6-10-22/h2,5-6,9-14,21H,1,3-4,7-8,15-20H2,(H,26,29). The van der Waals surface area contributed by atoms with E-state index in [-0.39, 0.29) is 5.91 Å². The van der Waals surface area contributed by atoms with Crippen molar-refractivity contribution in [2.24, 2.45) is 5.92 Å². The quantitative estimate of drug-likeness (QED) is 0.759. The number of rotatable bonds is 6. The molecule has 0 bridgehead atoms. The maximum absolute atomic E-state index is 12.3. The maximum atomic E-state index is 12.3. The normalized spacial score (nSPS) is 18.6. The Labute approximate surface area is 174 Å². The van der Waals surface area contributed by atoms with E-state index in [9.17, 15) is 4.79 Å². The Morgan fingerprint density at radius 2 is 1.55 bits per heavy atom. The Hall–Kier alpha value is -2.33. The lowest BCUT2D eigenvalue weighted by Crippen LogP contribution is -2.45. The minimum Gasteiger partial charge on any atom is -0.369 e. The van der Waals surface area contributed by atoms with Gasteiger partial charge in [-0.3, -0.25) is 9.69 Å². The van der Waals surface area contributed by atoms with E-state index in [1.54, 1.807) is 0 Å². The summed E-state index contributed by atoms with van der Waals surface area (Å²) in [6, 6.07) is 19.1. The third kappa shape index (κ3) is 5.83. The molecule has 4 rings (SSSR count). The number of nitrogens with one attached hydrogen (secondary N) is 1. The molecule has 1 saturated heterocycles. The highest BCUT2D eigenvalue weighted by atomic mass is 16.1. The summed E-state index contributed by atoms with van der Waals surface area (Å²) in [5.74, 6) is 0.745. The van der Waals surface area contributed by atoms with Gasteiger partial charge < -0.3 is 10.2 Å². The molecule has 1 heterocycles. The molecule has 2 aromatic carbocycles. The molecule has 0 unspecified atom stereocenters. The van der Waals surface area contributed by atoms with Gasteiger partial charge in [0.15, 0.2) is 0 Å². The van der Waals surface area contributed by atoms with Crippen molar-refractivity contribution in [2.75, 3.05) is 36.4 Å². The number of piperazine rings is 1. The van der Waals surface area contributed by atoms with Gasteiger partial charge in [0, 0.05) is 50.5 Å². The van der Waals surface area contributed by atoms with Crippen LogP contribution in [-0.4, -0.2) is 37.0 Å². The van der Waals surface area contributed by atoms with Crippen LogP contribution in [-0.2, 0) is 11.3 Å². The van der Waals surface area contributed by atoms with E-state index >= 15 is 0 Å². The third-order valence-electron chi connectivity index (χ3n) is 6.34. The number of benzene rings is 2. The van der Waals surface area contributed by atoms with Crippen LogP contribution in [0.25, 0.3) is 0 Å². The smallest absolute Gasteiger partial charge is 0.224 e. The van der Waals surface area contributed by atoms with Crippen LogP contribution in [0, 0.1) is 5.92 Å². The van der Waals surface area contributed by atoms with E-state index in [0.29, 0.717) is 12.3 Å². The van der Waals surface area contributed by atoms with E-state index in [4.69, 9.17) is 0 Å². The number of carbonyl (C=O) groups excluding carboxylic acids is 1. The number of carbonyl (C=O) groups is 1. The summed E-state index contributed by atoms with van der Waals surface area (Å²) in [6.45, 7) is 5.27. The molecule has 0 spiro atoms. The first-order valence-electron chi connectivity index (χ1n) is 11.2. The Bertz CT molecular complexity index is 760. The van der Waals surface area contributed by atoms with Crippen molar-refractivity contribution in [3.63, 3.8) is 0 Å². The highest BCUT2D eigenvalue weighted by Crippen LogP contribution is 2.27. The van der Waals surface area contributed by atoms with E-state index in [0.717, 1.165) is 38.4 Å². The predicted molar refractivity (Wildman–Crippen MR) is 120 cm³/mol. The second kappa shape index (κ2) is 9.93. The average molecular weight is 392 g/mol. The summed E-state index contributed by atoms with van der Waals surface area (Å²) < 4.78 is 0. The summed E-state index contributed by atoms with van der Waals surface area (Å²) in [7, 11) is 0. The average Bonchev–Trinajstić information content (AvgIpc) is 2.76. The molecule has 2 fully saturated rings. The van der Waals surface area contributed by atoms with Crippen LogP contribution in [0.15, 0.2) is 54.6 Å². The van der Waals surface area contributed by atoms with Crippen molar-refractivity contribution in [1.29, 1.82) is 0 Å². The van der Waals surface area contributed by atoms with E-state index in [1.165, 1.54) is 43.4 Å². The SMILES string of the molecule is O=C(CC1CCCCC1)Nc1ccc(N2CCN(Cc3ccccc3)CC2)cc1. The van der Waals surface area contributed by atoms with Gasteiger partial charge in [0.2, 0.25) is 5.91 Å². The van der Waals surface area contributed by atoms with Crippen LogP contribution < -0.4 is 10.2 Å². The predicted octanol–water partition coefficient (Wildman–Crippen LogP) is 4.92. The molecule has 0 radical (unpaired) electrons. The Morgan fingerprint density at radius 3 is 2.24 bits per heavy atom. The lowest BCUT2D eigenvalue weighted by Gasteiger charge is -2.36. The Balaban J connectivity index is 1.23. The number of hydrogen-bond donors (Lipinski definition) is 1. The minimum atomic E-state index is 0.166. The highest BCUT2D eigenvalue weighted by molar-refractivity contribution is 5.91. The Kier molecular flexibility index (Phi) is 6.83. The fraction of sp³-hybridized carbons (Fsp3) is 0.480. The van der Waals surface area contributed by atoms with Crippen molar-refractivity contribution < 1.29 is 4.79 Å². The molecular weight excluding hydrogens is 358 g/mol. The second-order valence-electron chi connectivity index (χ2n) is 8.55. The zero-order valence-corrected chi connectivity index (χ0v) is 17.4. The van der Waals surface area contributed by atoms with Gasteiger partial charge in [0.05, 0.1) is 0 Å². The molecule has 0 atom stereocenters. The molecule has 1 N–H and O–H groups in total. The first kappa shape index (κ1) is 20.0. The van der Waals surface area contributed by atoms with Gasteiger partial charge >= 0.3 is 0 Å². The van der Waals surface area contributed by atoms with Crippen molar-refractivity contribution in [2.45, 2.75) is 45.1 Å². The van der Waals surface area contributed by atoms with Gasteiger partial charge in [-0.25, -0.2) is 0 Å². The molecule has 1 saturated carbocycles. The van der Waals surface area contributed by atoms with Gasteiger partial charge in [-0.1, -0.05) is 49.6 Å². The number of anilines is 2. The van der Waals surface area contributed by atoms with Gasteiger partial charge in [-0.15, -0.1) is 0 Å². The van der Waals surface area contributed by atoms with Crippen molar-refractivity contribution in [3.8, 4) is 0 Å². The molecule has 29 heavy (non-hydrogen) atoms. The van der Waals surface area contributed by atoms with Gasteiger partial charge in [-0.05, 0) is 48.6 Å². The van der Waals surface area contributed by atoms with Crippen molar-refractivity contribution in [3.05, 3.63) is 60.2 Å². The van der Waals surface area contributed by atoms with Crippen LogP contribution in [0.2, 0.25) is 0 Å². The summed E-state index contributed by atoms with van der Waals surface area (Å²) in [6.07, 6.45) is 6.99. The molecule has 0 aromatic heterocycles. The van der Waals surface area contributed by atoms with E-state index in [2.05, 4.69) is 57.6 Å². The zero-order chi connectivity index (χ0) is 19.9. The summed E-state index contributed by atoms with van der Waals surface area (Å²) in [5, 5.41) is 3.09. The van der Waals surface area contributed by atoms with Crippen LogP contribution in [0.1, 0.15) is 44.1 Å². The first-order chi connectivity index (χ1) is 14.3. The molecule has 2 aromatic rings. The molecule has 4 heteroatoms. The van der Waals surface area contributed by atoms with Gasteiger partial charge in [0.1, 0.15) is 0 Å². The van der Waals surface area contributed by atoms with E-state index < -0.39 is 0 Å². The summed E-state index contributed by atoms with van der Waals surface area (Å²) in [5.41, 5.74) is 3.54. The fourth-order valence-electron chi connectivity index (χ4n) is 4.63. The fourth-order valence-corrected chi connectivity index (χ4v) is 4.63. The number of nitrogens with zero attached hydrogens (tertiary/aromatic N) is 2. The molecular formula is C25H33N3O. The number of hydrogen-bond acceptors (Lipinski definition) is 3. The molecule has 2 aliphatic rings.